The molecule has 0 bridgehead atoms. The van der Waals surface area contributed by atoms with Gasteiger partial charge in [-0.15, -0.1) is 0 Å². The molecule has 0 aromatic carbocycles. The lowest BCUT2D eigenvalue weighted by Gasteiger charge is -1.96. The Morgan fingerprint density at radius 2 is 1.62 bits per heavy atom. The van der Waals surface area contributed by atoms with Crippen LogP contribution in [0.2, 0.25) is 0 Å². The third-order valence-electron chi connectivity index (χ3n) is 0.772. The molecule has 0 aromatic heterocycles. The normalized spacial score (nSPS) is 8.08. The summed E-state index contributed by atoms with van der Waals surface area (Å²) < 4.78 is 0. The minimum atomic E-state index is -1.20. The second kappa shape index (κ2) is 8.51. The lowest BCUT2D eigenvalue weighted by Crippen LogP contribution is -2.21. The second-order valence-corrected chi connectivity index (χ2v) is 2.14. The zero-order valence-electron chi connectivity index (χ0n) is 8.15. The van der Waals surface area contributed by atoms with Crippen LogP contribution in [0.1, 0.15) is 27.6 Å². The van der Waals surface area contributed by atoms with Gasteiger partial charge in [-0.25, -0.2) is 0 Å². The highest BCUT2D eigenvalue weighted by molar-refractivity contribution is 5.68. The molecule has 0 aliphatic rings. The van der Waals surface area contributed by atoms with Crippen molar-refractivity contribution in [1.29, 1.82) is 0 Å². The monoisotopic (exact) mass is 192 g/mol. The molecule has 0 atom stereocenters. The van der Waals surface area contributed by atoms with Gasteiger partial charge in [-0.2, -0.15) is 0 Å². The van der Waals surface area contributed by atoms with E-state index in [-0.39, 0.29) is 20.7 Å². The zero-order valence-corrected chi connectivity index (χ0v) is 7.15. The third kappa shape index (κ3) is 37.9. The van der Waals surface area contributed by atoms with Crippen LogP contribution in [0.3, 0.4) is 0 Å². The van der Waals surface area contributed by atoms with E-state index < -0.39 is 17.9 Å². The standard InChI is InChI=1S/C5H8O4.C2H4O2/c6-4(7)2-1-3-5(8)9;1-2(3)4/h1-3H2,(H,6,7)(H,8,9);1H3,(H,3,4). The fourth-order valence-corrected chi connectivity index (χ4v) is 0.384. The van der Waals surface area contributed by atoms with Crippen molar-refractivity contribution in [2.24, 2.45) is 0 Å². The maximum Gasteiger partial charge on any atom is 1.00 e. The smallest absolute Gasteiger partial charge is 0.550 e. The molecule has 13 heavy (non-hydrogen) atoms. The SMILES string of the molecule is CC(=O)O.O=C([O-])CCCC(=O)O.[H+]. The highest BCUT2D eigenvalue weighted by Crippen LogP contribution is 1.92. The van der Waals surface area contributed by atoms with Crippen molar-refractivity contribution in [3.63, 3.8) is 0 Å². The summed E-state index contributed by atoms with van der Waals surface area (Å²) in [6.45, 7) is 1.08. The Morgan fingerprint density at radius 3 is 1.85 bits per heavy atom. The predicted molar refractivity (Wildman–Crippen MR) is 40.9 cm³/mol. The molecule has 0 aliphatic carbocycles. The molecule has 0 saturated carbocycles. The van der Waals surface area contributed by atoms with Crippen molar-refractivity contribution < 1.29 is 31.1 Å². The first kappa shape index (κ1) is 14.0. The summed E-state index contributed by atoms with van der Waals surface area (Å²) in [6.07, 6.45) is -0.127. The molecule has 0 aromatic rings. The highest BCUT2D eigenvalue weighted by Gasteiger charge is 1.94. The molecule has 6 nitrogen and oxygen atoms in total. The van der Waals surface area contributed by atoms with Crippen molar-refractivity contribution in [2.75, 3.05) is 0 Å². The van der Waals surface area contributed by atoms with Gasteiger partial charge in [0.1, 0.15) is 0 Å². The van der Waals surface area contributed by atoms with Gasteiger partial charge in [-0.05, 0) is 12.8 Å². The highest BCUT2D eigenvalue weighted by atomic mass is 16.4. The zero-order chi connectivity index (χ0) is 10.9. The van der Waals surface area contributed by atoms with Crippen molar-refractivity contribution in [1.82, 2.24) is 0 Å². The first-order valence-electron chi connectivity index (χ1n) is 3.47. The van der Waals surface area contributed by atoms with Gasteiger partial charge < -0.3 is 20.1 Å². The molecule has 2 N–H and O–H groups in total. The molecule has 0 radical (unpaired) electrons. The van der Waals surface area contributed by atoms with Crippen LogP contribution in [-0.2, 0) is 14.4 Å². The van der Waals surface area contributed by atoms with E-state index in [4.69, 9.17) is 15.0 Å². The summed E-state index contributed by atoms with van der Waals surface area (Å²) in [5, 5.41) is 25.1. The minimum Gasteiger partial charge on any atom is -0.550 e. The third-order valence-corrected chi connectivity index (χ3v) is 0.772. The van der Waals surface area contributed by atoms with E-state index in [1.165, 1.54) is 0 Å². The number of carbonyl (C=O) groups is 3. The molecule has 0 aliphatic heterocycles. The molecule has 76 valence electrons. The second-order valence-electron chi connectivity index (χ2n) is 2.14. The van der Waals surface area contributed by atoms with Gasteiger partial charge in [0.15, 0.2) is 0 Å². The molecule has 6 heteroatoms. The summed E-state index contributed by atoms with van der Waals surface area (Å²) in [5.74, 6) is -3.01. The summed E-state index contributed by atoms with van der Waals surface area (Å²) in [6, 6.07) is 0. The number of rotatable bonds is 4. The summed E-state index contributed by atoms with van der Waals surface area (Å²) in [5.41, 5.74) is 0. The number of aliphatic carboxylic acids is 3. The molecular weight excluding hydrogens is 180 g/mol. The number of carbonyl (C=O) groups excluding carboxylic acids is 1. The van der Waals surface area contributed by atoms with Gasteiger partial charge in [0.05, 0.1) is 0 Å². The molecule has 0 rings (SSSR count). The minimum absolute atomic E-state index is 0. The molecule has 0 amide bonds. The lowest BCUT2D eigenvalue weighted by molar-refractivity contribution is -0.305. The van der Waals surface area contributed by atoms with Crippen molar-refractivity contribution in [3.8, 4) is 0 Å². The molecule has 0 spiro atoms. The number of hydrogen-bond acceptors (Lipinski definition) is 4. The van der Waals surface area contributed by atoms with Gasteiger partial charge in [0.25, 0.3) is 5.97 Å². The van der Waals surface area contributed by atoms with E-state index in [1.807, 2.05) is 0 Å². The van der Waals surface area contributed by atoms with Crippen LogP contribution in [0.4, 0.5) is 0 Å². The largest absolute Gasteiger partial charge is 1.00 e. The van der Waals surface area contributed by atoms with Crippen molar-refractivity contribution in [3.05, 3.63) is 0 Å². The Morgan fingerprint density at radius 1 is 1.23 bits per heavy atom. The van der Waals surface area contributed by atoms with Crippen LogP contribution >= 0.6 is 0 Å². The van der Waals surface area contributed by atoms with Gasteiger partial charge in [-0.1, -0.05) is 0 Å². The molecular formula is C7H12O6. The topological polar surface area (TPSA) is 115 Å². The van der Waals surface area contributed by atoms with Crippen LogP contribution < -0.4 is 5.11 Å². The van der Waals surface area contributed by atoms with Crippen LogP contribution in [0, 0.1) is 0 Å². The van der Waals surface area contributed by atoms with Gasteiger partial charge in [0.2, 0.25) is 0 Å². The van der Waals surface area contributed by atoms with Crippen molar-refractivity contribution in [2.45, 2.75) is 26.2 Å². The van der Waals surface area contributed by atoms with E-state index in [2.05, 4.69) is 0 Å². The Hall–Kier alpha value is -1.59. The average molecular weight is 192 g/mol. The quantitative estimate of drug-likeness (QED) is 0.602. The van der Waals surface area contributed by atoms with Gasteiger partial charge in [0, 0.05) is 19.3 Å². The van der Waals surface area contributed by atoms with E-state index in [0.717, 1.165) is 6.92 Å². The Labute approximate surface area is 76.3 Å². The number of carboxylic acid groups (broad SMARTS) is 3. The molecule has 0 unspecified atom stereocenters. The fraction of sp³-hybridized carbons (Fsp3) is 0.571. The summed E-state index contributed by atoms with van der Waals surface area (Å²) in [4.78, 5) is 28.4. The number of carboxylic acids is 3. The maximum atomic E-state index is 9.77. The van der Waals surface area contributed by atoms with Gasteiger partial charge in [-0.3, -0.25) is 9.59 Å². The van der Waals surface area contributed by atoms with Crippen LogP contribution in [0.5, 0.6) is 0 Å². The number of hydrogen-bond donors (Lipinski definition) is 2. The molecule has 0 heterocycles. The van der Waals surface area contributed by atoms with Gasteiger partial charge >= 0.3 is 7.40 Å². The Bertz CT molecular complexity index is 173. The van der Waals surface area contributed by atoms with Crippen molar-refractivity contribution >= 4 is 17.9 Å². The Balaban J connectivity index is -0.000000209. The van der Waals surface area contributed by atoms with E-state index in [9.17, 15) is 14.7 Å². The summed E-state index contributed by atoms with van der Waals surface area (Å²) >= 11 is 0. The molecule has 0 saturated heterocycles. The Kier molecular flexibility index (Phi) is 9.14. The summed E-state index contributed by atoms with van der Waals surface area (Å²) in [7, 11) is 0. The van der Waals surface area contributed by atoms with Crippen LogP contribution in [0.25, 0.3) is 0 Å². The van der Waals surface area contributed by atoms with Crippen LogP contribution in [-0.4, -0.2) is 28.1 Å². The fourth-order valence-electron chi connectivity index (χ4n) is 0.384. The van der Waals surface area contributed by atoms with E-state index >= 15 is 0 Å². The first-order chi connectivity index (χ1) is 5.86. The molecule has 0 fully saturated rings. The average Bonchev–Trinajstić information content (AvgIpc) is 1.83. The maximum absolute atomic E-state index is 9.77. The van der Waals surface area contributed by atoms with E-state index in [1.54, 1.807) is 0 Å². The lowest BCUT2D eigenvalue weighted by atomic mass is 10.2. The predicted octanol–water partition coefficient (Wildman–Crippen LogP) is -0.805. The first-order valence-corrected chi connectivity index (χ1v) is 3.47. The van der Waals surface area contributed by atoms with Crippen LogP contribution in [0.15, 0.2) is 0 Å². The van der Waals surface area contributed by atoms with E-state index in [0.29, 0.717) is 0 Å².